The predicted molar refractivity (Wildman–Crippen MR) is 133 cm³/mol. The number of hydrogen-bond acceptors (Lipinski definition) is 8. The molecule has 0 amide bonds. The molecule has 0 unspecified atom stereocenters. The van der Waals surface area contributed by atoms with Crippen LogP contribution in [-0.2, 0) is 19.3 Å². The van der Waals surface area contributed by atoms with E-state index in [2.05, 4.69) is 0 Å². The Labute approximate surface area is 353 Å². The SMILES string of the molecule is CC(C)(O)CON1C(C)(C)CC(=O)CC1(C)C.CC(C)(O)CON1C(C)(C)CC(=O)CC1(C)C.[K+].[K+].[K+]. The molecule has 0 aromatic rings. The summed E-state index contributed by atoms with van der Waals surface area (Å²) in [4.78, 5) is 34.9. The average Bonchev–Trinajstić information content (AvgIpc) is 2.47. The summed E-state index contributed by atoms with van der Waals surface area (Å²) in [6.07, 6.45) is 1.95. The van der Waals surface area contributed by atoms with Crippen LogP contribution in [0.4, 0.5) is 0 Å². The van der Waals surface area contributed by atoms with Gasteiger partial charge in [-0.2, -0.15) is 10.1 Å². The van der Waals surface area contributed by atoms with Gasteiger partial charge in [0.25, 0.3) is 0 Å². The molecule has 2 aliphatic rings. The molecule has 2 saturated heterocycles. The molecular weight excluding hydrogens is 554 g/mol. The number of ketones is 2. The van der Waals surface area contributed by atoms with E-state index in [-0.39, 0.29) is 201 Å². The summed E-state index contributed by atoms with van der Waals surface area (Å²) in [5.74, 6) is 0.534. The zero-order chi connectivity index (χ0) is 27.0. The van der Waals surface area contributed by atoms with E-state index >= 15 is 0 Å². The third kappa shape index (κ3) is 16.1. The summed E-state index contributed by atoms with van der Waals surface area (Å²) in [6.45, 7) is 23.3. The second-order valence-corrected chi connectivity index (χ2v) is 13.8. The van der Waals surface area contributed by atoms with Crippen LogP contribution in [0.15, 0.2) is 0 Å². The molecule has 0 saturated carbocycles. The summed E-state index contributed by atoms with van der Waals surface area (Å²) >= 11 is 0. The number of nitrogens with zero attached hydrogens (tertiary/aromatic N) is 2. The molecule has 2 aliphatic heterocycles. The van der Waals surface area contributed by atoms with Gasteiger partial charge in [-0.3, -0.25) is 19.3 Å². The Kier molecular flexibility index (Phi) is 20.8. The number of hydrogen-bond donors (Lipinski definition) is 2. The molecule has 0 spiro atoms. The molecular formula is C26H50K3N2O6+3. The van der Waals surface area contributed by atoms with E-state index in [4.69, 9.17) is 9.68 Å². The summed E-state index contributed by atoms with van der Waals surface area (Å²) in [5, 5.41) is 23.2. The van der Waals surface area contributed by atoms with Crippen molar-refractivity contribution in [2.75, 3.05) is 13.2 Å². The molecule has 200 valence electrons. The zero-order valence-corrected chi connectivity index (χ0v) is 36.0. The monoisotopic (exact) mass is 603 g/mol. The van der Waals surface area contributed by atoms with Gasteiger partial charge in [0.2, 0.25) is 0 Å². The quantitative estimate of drug-likeness (QED) is 0.291. The maximum absolute atomic E-state index is 11.7. The number of Topliss-reactive ketones (excluding diaryl/α,β-unsaturated/α-hetero) is 2. The molecule has 37 heavy (non-hydrogen) atoms. The zero-order valence-electron chi connectivity index (χ0n) is 26.7. The van der Waals surface area contributed by atoms with E-state index in [0.717, 1.165) is 0 Å². The van der Waals surface area contributed by atoms with Gasteiger partial charge >= 0.3 is 154 Å². The number of carbonyl (C=O) groups excluding carboxylic acids is 2. The van der Waals surface area contributed by atoms with Crippen LogP contribution in [0.2, 0.25) is 0 Å². The Bertz CT molecular complexity index is 642. The molecule has 11 heteroatoms. The fourth-order valence-corrected chi connectivity index (χ4v) is 5.12. The van der Waals surface area contributed by atoms with Gasteiger partial charge in [-0.25, -0.2) is 0 Å². The van der Waals surface area contributed by atoms with Gasteiger partial charge < -0.3 is 10.2 Å². The smallest absolute Gasteiger partial charge is 0.388 e. The first-order chi connectivity index (χ1) is 14.9. The second kappa shape index (κ2) is 16.9. The fraction of sp³-hybridized carbons (Fsp3) is 0.923. The van der Waals surface area contributed by atoms with Gasteiger partial charge in [0.1, 0.15) is 11.6 Å². The second-order valence-electron chi connectivity index (χ2n) is 13.8. The maximum atomic E-state index is 11.7. The topological polar surface area (TPSA) is 99.5 Å². The largest absolute Gasteiger partial charge is 1.00 e. The van der Waals surface area contributed by atoms with Crippen LogP contribution in [0.3, 0.4) is 0 Å². The van der Waals surface area contributed by atoms with Gasteiger partial charge in [-0.15, -0.1) is 0 Å². The number of aliphatic hydroxyl groups is 2. The van der Waals surface area contributed by atoms with Crippen molar-refractivity contribution in [2.45, 2.75) is 142 Å². The van der Waals surface area contributed by atoms with Crippen LogP contribution in [-0.4, -0.2) is 78.5 Å². The van der Waals surface area contributed by atoms with Crippen LogP contribution >= 0.6 is 0 Å². The summed E-state index contributed by atoms with van der Waals surface area (Å²) in [7, 11) is 0. The molecule has 0 aromatic carbocycles. The first-order valence-corrected chi connectivity index (χ1v) is 12.2. The van der Waals surface area contributed by atoms with Gasteiger partial charge in [0, 0.05) is 47.8 Å². The van der Waals surface area contributed by atoms with E-state index in [1.807, 2.05) is 65.5 Å². The van der Waals surface area contributed by atoms with Crippen molar-refractivity contribution in [1.82, 2.24) is 10.1 Å². The summed E-state index contributed by atoms with van der Waals surface area (Å²) < 4.78 is 0. The van der Waals surface area contributed by atoms with E-state index in [1.54, 1.807) is 27.7 Å². The van der Waals surface area contributed by atoms with Crippen molar-refractivity contribution in [1.29, 1.82) is 0 Å². The van der Waals surface area contributed by atoms with Gasteiger partial charge in [0.15, 0.2) is 0 Å². The Morgan fingerprint density at radius 1 is 0.595 bits per heavy atom. The Balaban J connectivity index is -0.000000578. The number of hydroxylamine groups is 4. The summed E-state index contributed by atoms with van der Waals surface area (Å²) in [6, 6.07) is 0. The van der Waals surface area contributed by atoms with Crippen molar-refractivity contribution in [2.24, 2.45) is 0 Å². The molecule has 0 bridgehead atoms. The van der Waals surface area contributed by atoms with Crippen molar-refractivity contribution >= 4 is 11.6 Å². The standard InChI is InChI=1S/2C13H25NO3.3K/c2*1-11(2)7-10(15)8-12(3,4)14(11)17-9-13(5,6)16;;;/h2*16H,7-9H2,1-6H3;;;/q;;3*+1. The molecule has 2 heterocycles. The Morgan fingerprint density at radius 3 is 0.946 bits per heavy atom. The van der Waals surface area contributed by atoms with Crippen LogP contribution in [0.5, 0.6) is 0 Å². The normalized spacial score (nSPS) is 23.0. The fourth-order valence-electron chi connectivity index (χ4n) is 5.12. The van der Waals surface area contributed by atoms with Crippen molar-refractivity contribution in [3.63, 3.8) is 0 Å². The molecule has 0 radical (unpaired) electrons. The molecule has 8 nitrogen and oxygen atoms in total. The van der Waals surface area contributed by atoms with Crippen LogP contribution < -0.4 is 154 Å². The van der Waals surface area contributed by atoms with Gasteiger partial charge in [-0.1, -0.05) is 0 Å². The van der Waals surface area contributed by atoms with E-state index in [9.17, 15) is 19.8 Å². The van der Waals surface area contributed by atoms with Crippen LogP contribution in [0, 0.1) is 0 Å². The third-order valence-electron chi connectivity index (χ3n) is 5.81. The van der Waals surface area contributed by atoms with Crippen LogP contribution in [0.25, 0.3) is 0 Å². The Morgan fingerprint density at radius 2 is 0.784 bits per heavy atom. The Hall–Kier alpha value is 4.01. The molecule has 2 fully saturated rings. The first-order valence-electron chi connectivity index (χ1n) is 12.2. The third-order valence-corrected chi connectivity index (χ3v) is 5.81. The summed E-state index contributed by atoms with van der Waals surface area (Å²) in [5.41, 5.74) is -3.05. The van der Waals surface area contributed by atoms with Gasteiger partial charge in [-0.05, 0) is 83.1 Å². The number of piperidine rings is 2. The maximum Gasteiger partial charge on any atom is 1.00 e. The minimum absolute atomic E-state index is 0. The molecule has 0 atom stereocenters. The predicted octanol–water partition coefficient (Wildman–Crippen LogP) is -5.17. The minimum Gasteiger partial charge on any atom is -0.388 e. The number of carbonyl (C=O) groups is 2. The van der Waals surface area contributed by atoms with Crippen LogP contribution in [0.1, 0.15) is 109 Å². The minimum atomic E-state index is -0.867. The molecule has 0 aromatic heterocycles. The van der Waals surface area contributed by atoms with Crippen molar-refractivity contribution < 1.29 is 184 Å². The van der Waals surface area contributed by atoms with E-state index in [1.165, 1.54) is 0 Å². The molecule has 0 aliphatic carbocycles. The molecule has 2 rings (SSSR count). The number of rotatable bonds is 6. The van der Waals surface area contributed by atoms with Crippen molar-refractivity contribution in [3.05, 3.63) is 0 Å². The van der Waals surface area contributed by atoms with Crippen molar-refractivity contribution in [3.8, 4) is 0 Å². The average molecular weight is 604 g/mol. The van der Waals surface area contributed by atoms with E-state index in [0.29, 0.717) is 25.7 Å². The first kappa shape index (κ1) is 45.4. The van der Waals surface area contributed by atoms with E-state index < -0.39 is 11.2 Å². The van der Waals surface area contributed by atoms with Gasteiger partial charge in [0.05, 0.1) is 24.4 Å². The molecule has 2 N–H and O–H groups in total.